The van der Waals surface area contributed by atoms with Crippen molar-refractivity contribution in [2.24, 2.45) is 5.41 Å². The molecule has 2 fully saturated rings. The zero-order valence-corrected chi connectivity index (χ0v) is 11.8. The monoisotopic (exact) mass is 265 g/mol. The summed E-state index contributed by atoms with van der Waals surface area (Å²) < 4.78 is 0. The first-order chi connectivity index (χ1) is 8.58. The SMILES string of the molecule is Cc1nc(CCNC(=O)N2CC3(CC3)C2)sc1C. The molecule has 4 nitrogen and oxygen atoms in total. The summed E-state index contributed by atoms with van der Waals surface area (Å²) in [6, 6.07) is 0.0949. The number of urea groups is 1. The van der Waals surface area contributed by atoms with Gasteiger partial charge in [0.05, 0.1) is 10.7 Å². The van der Waals surface area contributed by atoms with Gasteiger partial charge in [0.2, 0.25) is 0 Å². The van der Waals surface area contributed by atoms with Gasteiger partial charge in [-0.2, -0.15) is 0 Å². The van der Waals surface area contributed by atoms with E-state index in [1.807, 2.05) is 11.8 Å². The summed E-state index contributed by atoms with van der Waals surface area (Å²) >= 11 is 1.73. The molecule has 1 saturated carbocycles. The number of hydrogen-bond donors (Lipinski definition) is 1. The summed E-state index contributed by atoms with van der Waals surface area (Å²) in [5.41, 5.74) is 1.65. The van der Waals surface area contributed by atoms with Crippen molar-refractivity contribution in [2.75, 3.05) is 19.6 Å². The number of thiazole rings is 1. The number of aromatic nitrogens is 1. The van der Waals surface area contributed by atoms with Crippen LogP contribution in [0, 0.1) is 19.3 Å². The van der Waals surface area contributed by atoms with Gasteiger partial charge in [-0.3, -0.25) is 0 Å². The van der Waals surface area contributed by atoms with Gasteiger partial charge in [0.25, 0.3) is 0 Å². The lowest BCUT2D eigenvalue weighted by Crippen LogP contribution is -2.55. The molecule has 98 valence electrons. The second-order valence-corrected chi connectivity index (χ2v) is 6.87. The fraction of sp³-hybridized carbons (Fsp3) is 0.692. The van der Waals surface area contributed by atoms with Gasteiger partial charge >= 0.3 is 6.03 Å². The van der Waals surface area contributed by atoms with Gasteiger partial charge in [-0.05, 0) is 26.7 Å². The molecule has 1 aliphatic carbocycles. The molecule has 18 heavy (non-hydrogen) atoms. The van der Waals surface area contributed by atoms with Crippen molar-refractivity contribution >= 4 is 17.4 Å². The molecule has 3 rings (SSSR count). The quantitative estimate of drug-likeness (QED) is 0.909. The van der Waals surface area contributed by atoms with Crippen LogP contribution in [0.3, 0.4) is 0 Å². The van der Waals surface area contributed by atoms with Gasteiger partial charge in [0.1, 0.15) is 0 Å². The van der Waals surface area contributed by atoms with E-state index >= 15 is 0 Å². The predicted octanol–water partition coefficient (Wildman–Crippen LogP) is 2.11. The Morgan fingerprint density at radius 1 is 1.44 bits per heavy atom. The van der Waals surface area contributed by atoms with Crippen LogP contribution in [0.5, 0.6) is 0 Å². The number of rotatable bonds is 3. The molecular formula is C13H19N3OS. The maximum absolute atomic E-state index is 11.8. The van der Waals surface area contributed by atoms with Crippen LogP contribution in [0.4, 0.5) is 4.79 Å². The molecule has 1 spiro atoms. The second kappa shape index (κ2) is 4.23. The van der Waals surface area contributed by atoms with Crippen LogP contribution in [-0.2, 0) is 6.42 Å². The first-order valence-corrected chi connectivity index (χ1v) is 7.35. The Balaban J connectivity index is 1.40. The average Bonchev–Trinajstić information content (AvgIpc) is 3.00. The van der Waals surface area contributed by atoms with Crippen molar-refractivity contribution in [3.8, 4) is 0 Å². The zero-order valence-electron chi connectivity index (χ0n) is 11.0. The smallest absolute Gasteiger partial charge is 0.317 e. The van der Waals surface area contributed by atoms with Crippen LogP contribution in [0.1, 0.15) is 28.4 Å². The fourth-order valence-electron chi connectivity index (χ4n) is 2.43. The third kappa shape index (κ3) is 2.23. The highest BCUT2D eigenvalue weighted by Crippen LogP contribution is 2.52. The molecule has 0 atom stereocenters. The fourth-order valence-corrected chi connectivity index (χ4v) is 3.37. The second-order valence-electron chi connectivity index (χ2n) is 5.59. The average molecular weight is 265 g/mol. The third-order valence-corrected chi connectivity index (χ3v) is 5.12. The number of nitrogens with zero attached hydrogens (tertiary/aromatic N) is 2. The van der Waals surface area contributed by atoms with E-state index in [2.05, 4.69) is 17.2 Å². The maximum atomic E-state index is 11.8. The molecule has 1 aliphatic heterocycles. The van der Waals surface area contributed by atoms with Crippen LogP contribution in [0.15, 0.2) is 0 Å². The molecule has 0 bridgehead atoms. The summed E-state index contributed by atoms with van der Waals surface area (Å²) in [4.78, 5) is 19.5. The van der Waals surface area contributed by atoms with Crippen molar-refractivity contribution < 1.29 is 4.79 Å². The van der Waals surface area contributed by atoms with Crippen LogP contribution >= 0.6 is 11.3 Å². The number of carbonyl (C=O) groups is 1. The van der Waals surface area contributed by atoms with Gasteiger partial charge in [0, 0.05) is 36.3 Å². The Kier molecular flexibility index (Phi) is 2.81. The van der Waals surface area contributed by atoms with Crippen LogP contribution in [0.2, 0.25) is 0 Å². The normalized spacial score (nSPS) is 19.8. The number of nitrogens with one attached hydrogen (secondary N) is 1. The molecule has 2 heterocycles. The number of carbonyl (C=O) groups excluding carboxylic acids is 1. The third-order valence-electron chi connectivity index (χ3n) is 3.98. The highest BCUT2D eigenvalue weighted by atomic mass is 32.1. The Labute approximate surface area is 111 Å². The molecule has 0 unspecified atom stereocenters. The number of amides is 2. The van der Waals surface area contributed by atoms with Crippen LogP contribution < -0.4 is 5.32 Å². The number of aryl methyl sites for hydroxylation is 2. The highest BCUT2D eigenvalue weighted by Gasteiger charge is 2.53. The molecule has 5 heteroatoms. The topological polar surface area (TPSA) is 45.2 Å². The van der Waals surface area contributed by atoms with Gasteiger partial charge in [0.15, 0.2) is 0 Å². The standard InChI is InChI=1S/C13H19N3OS/c1-9-10(2)18-11(15-9)3-6-14-12(17)16-7-13(8-16)4-5-13/h3-8H2,1-2H3,(H,14,17). The van der Waals surface area contributed by atoms with E-state index in [4.69, 9.17) is 0 Å². The maximum Gasteiger partial charge on any atom is 0.317 e. The van der Waals surface area contributed by atoms with Crippen molar-refractivity contribution in [3.05, 3.63) is 15.6 Å². The Bertz CT molecular complexity index is 451. The van der Waals surface area contributed by atoms with Crippen molar-refractivity contribution in [1.82, 2.24) is 15.2 Å². The predicted molar refractivity (Wildman–Crippen MR) is 71.9 cm³/mol. The van der Waals surface area contributed by atoms with Crippen molar-refractivity contribution in [2.45, 2.75) is 33.1 Å². The zero-order chi connectivity index (χ0) is 12.8. The first-order valence-electron chi connectivity index (χ1n) is 6.54. The number of likely N-dealkylation sites (tertiary alicyclic amines) is 1. The molecule has 0 radical (unpaired) electrons. The van der Waals surface area contributed by atoms with E-state index in [1.54, 1.807) is 11.3 Å². The lowest BCUT2D eigenvalue weighted by Gasteiger charge is -2.39. The minimum atomic E-state index is 0.0949. The molecule has 1 aromatic heterocycles. The molecular weight excluding hydrogens is 246 g/mol. The summed E-state index contributed by atoms with van der Waals surface area (Å²) in [6.45, 7) is 6.74. The van der Waals surface area contributed by atoms with Crippen molar-refractivity contribution in [1.29, 1.82) is 0 Å². The molecule has 2 aliphatic rings. The van der Waals surface area contributed by atoms with Crippen LogP contribution in [-0.4, -0.2) is 35.5 Å². The van der Waals surface area contributed by atoms with E-state index in [0.717, 1.165) is 30.2 Å². The highest BCUT2D eigenvalue weighted by molar-refractivity contribution is 7.11. The van der Waals surface area contributed by atoms with E-state index in [-0.39, 0.29) is 6.03 Å². The summed E-state index contributed by atoms with van der Waals surface area (Å²) in [5.74, 6) is 0. The lowest BCUT2D eigenvalue weighted by atomic mass is 9.98. The molecule has 2 amide bonds. The Morgan fingerprint density at radius 3 is 2.72 bits per heavy atom. The minimum Gasteiger partial charge on any atom is -0.338 e. The van der Waals surface area contributed by atoms with Gasteiger partial charge < -0.3 is 10.2 Å². The van der Waals surface area contributed by atoms with Crippen molar-refractivity contribution in [3.63, 3.8) is 0 Å². The molecule has 0 aromatic carbocycles. The van der Waals surface area contributed by atoms with Gasteiger partial charge in [-0.1, -0.05) is 0 Å². The van der Waals surface area contributed by atoms with Gasteiger partial charge in [-0.25, -0.2) is 9.78 Å². The van der Waals surface area contributed by atoms with Gasteiger partial charge in [-0.15, -0.1) is 11.3 Å². The van der Waals surface area contributed by atoms with Crippen LogP contribution in [0.25, 0.3) is 0 Å². The lowest BCUT2D eigenvalue weighted by molar-refractivity contribution is 0.107. The summed E-state index contributed by atoms with van der Waals surface area (Å²) in [6.07, 6.45) is 3.47. The molecule has 1 aromatic rings. The first kappa shape index (κ1) is 12.0. The molecule has 1 saturated heterocycles. The Hall–Kier alpha value is -1.10. The summed E-state index contributed by atoms with van der Waals surface area (Å²) in [7, 11) is 0. The summed E-state index contributed by atoms with van der Waals surface area (Å²) in [5, 5.41) is 4.10. The van der Waals surface area contributed by atoms with E-state index in [9.17, 15) is 4.79 Å². The van der Waals surface area contributed by atoms with E-state index in [1.165, 1.54) is 17.7 Å². The Morgan fingerprint density at radius 2 is 2.17 bits per heavy atom. The molecule has 1 N–H and O–H groups in total. The van der Waals surface area contributed by atoms with E-state index < -0.39 is 0 Å². The largest absolute Gasteiger partial charge is 0.338 e. The minimum absolute atomic E-state index is 0.0949. The number of hydrogen-bond acceptors (Lipinski definition) is 3. The van der Waals surface area contributed by atoms with E-state index in [0.29, 0.717) is 12.0 Å².